The molecule has 0 amide bonds. The molecule has 5 nitrogen and oxygen atoms in total. The Hall–Kier alpha value is -1.05. The van der Waals surface area contributed by atoms with Crippen LogP contribution in [0.3, 0.4) is 0 Å². The van der Waals surface area contributed by atoms with E-state index in [4.69, 9.17) is 18.3 Å². The van der Waals surface area contributed by atoms with E-state index < -0.39 is 8.56 Å². The number of fused-ring (bicyclic) bond motifs is 1. The third-order valence-corrected chi connectivity index (χ3v) is 11.3. The molecule has 0 saturated carbocycles. The summed E-state index contributed by atoms with van der Waals surface area (Å²) in [7, 11) is -2.57. The number of benzene rings is 1. The van der Waals surface area contributed by atoms with Gasteiger partial charge in [-0.05, 0) is 18.4 Å². The Morgan fingerprint density at radius 1 is 1.03 bits per heavy atom. The van der Waals surface area contributed by atoms with Crippen LogP contribution in [-0.2, 0) is 29.7 Å². The maximum absolute atomic E-state index is 12.8. The molecule has 0 aromatic heterocycles. The Morgan fingerprint density at radius 2 is 1.70 bits per heavy atom. The van der Waals surface area contributed by atoms with Crippen LogP contribution in [0, 0.1) is 0 Å². The minimum Gasteiger partial charge on any atom is -0.391 e. The summed E-state index contributed by atoms with van der Waals surface area (Å²) < 4.78 is 25.1. The fourth-order valence-corrected chi connectivity index (χ4v) is 9.77. The first kappa shape index (κ1) is 23.6. The first-order valence-corrected chi connectivity index (χ1v) is 13.0. The lowest BCUT2D eigenvalue weighted by Gasteiger charge is -2.55. The van der Waals surface area contributed by atoms with Crippen LogP contribution < -0.4 is 0 Å². The highest BCUT2D eigenvalue weighted by atomic mass is 28.4. The highest BCUT2D eigenvalue weighted by Crippen LogP contribution is 2.54. The SMILES string of the molecule is CC(C)(C)[Si]1(C(C)(C)C)OC[C@H]2O[C@@H](CCCOCc3ccccc3)C(=O)C[C@@H]2O1. The monoisotopic (exact) mass is 434 g/mol. The second-order valence-corrected chi connectivity index (χ2v) is 15.4. The van der Waals surface area contributed by atoms with Gasteiger partial charge in [0, 0.05) is 23.1 Å². The Balaban J connectivity index is 1.51. The quantitative estimate of drug-likeness (QED) is 0.457. The van der Waals surface area contributed by atoms with Gasteiger partial charge >= 0.3 is 8.56 Å². The first-order chi connectivity index (χ1) is 14.0. The topological polar surface area (TPSA) is 54.0 Å². The lowest BCUT2D eigenvalue weighted by molar-refractivity contribution is -0.176. The van der Waals surface area contributed by atoms with E-state index in [1.54, 1.807) is 0 Å². The van der Waals surface area contributed by atoms with Crippen molar-refractivity contribution in [1.29, 1.82) is 0 Å². The number of hydrogen-bond acceptors (Lipinski definition) is 5. The molecule has 1 aromatic rings. The average molecular weight is 435 g/mol. The zero-order valence-corrected chi connectivity index (χ0v) is 20.4. The van der Waals surface area contributed by atoms with Crippen molar-refractivity contribution >= 4 is 14.3 Å². The fraction of sp³-hybridized carbons (Fsp3) is 0.708. The predicted octanol–water partition coefficient (Wildman–Crippen LogP) is 5.17. The molecule has 30 heavy (non-hydrogen) atoms. The van der Waals surface area contributed by atoms with E-state index in [9.17, 15) is 4.79 Å². The molecule has 2 saturated heterocycles. The van der Waals surface area contributed by atoms with Crippen LogP contribution >= 0.6 is 0 Å². The van der Waals surface area contributed by atoms with Gasteiger partial charge in [-0.15, -0.1) is 0 Å². The van der Waals surface area contributed by atoms with Crippen molar-refractivity contribution in [3.63, 3.8) is 0 Å². The summed E-state index contributed by atoms with van der Waals surface area (Å²) in [5.41, 5.74) is 1.16. The minimum atomic E-state index is -2.57. The summed E-state index contributed by atoms with van der Waals surface area (Å²) >= 11 is 0. The highest BCUT2D eigenvalue weighted by molar-refractivity contribution is 6.73. The van der Waals surface area contributed by atoms with Gasteiger partial charge in [0.15, 0.2) is 5.78 Å². The van der Waals surface area contributed by atoms with Crippen molar-refractivity contribution in [2.24, 2.45) is 0 Å². The summed E-state index contributed by atoms with van der Waals surface area (Å²) in [6, 6.07) is 10.1. The van der Waals surface area contributed by atoms with Crippen molar-refractivity contribution < 1.29 is 23.1 Å². The zero-order chi connectivity index (χ0) is 22.0. The molecule has 0 N–H and O–H groups in total. The Kier molecular flexibility index (Phi) is 7.25. The van der Waals surface area contributed by atoms with Gasteiger partial charge < -0.3 is 18.3 Å². The van der Waals surface area contributed by atoms with Crippen LogP contribution in [0.5, 0.6) is 0 Å². The maximum atomic E-state index is 12.8. The summed E-state index contributed by atoms with van der Waals surface area (Å²) in [5, 5.41) is -0.182. The van der Waals surface area contributed by atoms with Gasteiger partial charge in [0.2, 0.25) is 0 Å². The normalized spacial score (nSPS) is 27.0. The molecule has 1 aromatic carbocycles. The van der Waals surface area contributed by atoms with E-state index in [1.165, 1.54) is 0 Å². The molecule has 168 valence electrons. The third-order valence-electron chi connectivity index (χ3n) is 6.12. The summed E-state index contributed by atoms with van der Waals surface area (Å²) in [6.07, 6.45) is 1.16. The van der Waals surface area contributed by atoms with Crippen LogP contribution in [0.1, 0.15) is 66.4 Å². The molecule has 2 fully saturated rings. The number of Topliss-reactive ketones (excluding diaryl/α,β-unsaturated/α-hetero) is 1. The zero-order valence-electron chi connectivity index (χ0n) is 19.4. The molecule has 2 aliphatic heterocycles. The lowest BCUT2D eigenvalue weighted by Crippen LogP contribution is -2.67. The minimum absolute atomic E-state index is 0.0911. The Labute approximate surface area is 182 Å². The molecule has 3 rings (SSSR count). The second kappa shape index (κ2) is 9.21. The number of carbonyl (C=O) groups excluding carboxylic acids is 1. The van der Waals surface area contributed by atoms with Crippen LogP contribution in [0.4, 0.5) is 0 Å². The molecule has 2 heterocycles. The molecule has 3 atom stereocenters. The number of ketones is 1. The number of hydrogen-bond donors (Lipinski definition) is 0. The average Bonchev–Trinajstić information content (AvgIpc) is 2.66. The lowest BCUT2D eigenvalue weighted by atomic mass is 9.97. The Morgan fingerprint density at radius 3 is 2.33 bits per heavy atom. The molecule has 2 aliphatic rings. The van der Waals surface area contributed by atoms with Crippen molar-refractivity contribution in [3.8, 4) is 0 Å². The largest absolute Gasteiger partial charge is 0.391 e. The Bertz CT molecular complexity index is 693. The predicted molar refractivity (Wildman–Crippen MR) is 120 cm³/mol. The van der Waals surface area contributed by atoms with Crippen LogP contribution in [0.25, 0.3) is 0 Å². The molecular formula is C24H38O5Si. The number of rotatable bonds is 6. The smallest absolute Gasteiger partial charge is 0.349 e. The van der Waals surface area contributed by atoms with Gasteiger partial charge in [-0.2, -0.15) is 0 Å². The number of ether oxygens (including phenoxy) is 2. The van der Waals surface area contributed by atoms with Gasteiger partial charge in [0.25, 0.3) is 0 Å². The van der Waals surface area contributed by atoms with Crippen LogP contribution in [0.2, 0.25) is 10.1 Å². The third kappa shape index (κ3) is 5.05. The summed E-state index contributed by atoms with van der Waals surface area (Å²) in [6.45, 7) is 14.9. The molecule has 0 unspecified atom stereocenters. The maximum Gasteiger partial charge on any atom is 0.349 e. The van der Waals surface area contributed by atoms with Gasteiger partial charge in [-0.25, -0.2) is 0 Å². The van der Waals surface area contributed by atoms with Crippen molar-refractivity contribution in [1.82, 2.24) is 0 Å². The molecule has 0 radical (unpaired) electrons. The van der Waals surface area contributed by atoms with E-state index in [1.807, 2.05) is 18.2 Å². The molecule has 0 bridgehead atoms. The summed E-state index contributed by atoms with van der Waals surface area (Å²) in [4.78, 5) is 12.8. The molecular weight excluding hydrogens is 396 g/mol. The van der Waals surface area contributed by atoms with E-state index in [0.29, 0.717) is 32.7 Å². The second-order valence-electron chi connectivity index (χ2n) is 10.6. The summed E-state index contributed by atoms with van der Waals surface area (Å²) in [5.74, 6) is 0.145. The van der Waals surface area contributed by atoms with Gasteiger partial charge in [0.1, 0.15) is 12.2 Å². The van der Waals surface area contributed by atoms with Gasteiger partial charge in [-0.3, -0.25) is 4.79 Å². The fourth-order valence-electron chi connectivity index (χ4n) is 4.82. The first-order valence-electron chi connectivity index (χ1n) is 11.2. The molecule has 0 aliphatic carbocycles. The van der Waals surface area contributed by atoms with E-state index >= 15 is 0 Å². The standard InChI is InChI=1S/C24H38O5Si/c1-23(2,3)30(24(4,5)6)27-17-22-21(29-30)15-19(25)20(28-22)13-10-14-26-16-18-11-8-7-9-12-18/h7-9,11-12,20-22H,10,13-17H2,1-6H3/t20-,21-,22+/m0/s1. The van der Waals surface area contributed by atoms with Gasteiger partial charge in [-0.1, -0.05) is 71.9 Å². The highest BCUT2D eigenvalue weighted by Gasteiger charge is 2.62. The van der Waals surface area contributed by atoms with E-state index in [2.05, 4.69) is 53.7 Å². The van der Waals surface area contributed by atoms with Crippen molar-refractivity contribution in [2.75, 3.05) is 13.2 Å². The molecule has 6 heteroatoms. The molecule has 0 spiro atoms. The number of carbonyl (C=O) groups is 1. The van der Waals surface area contributed by atoms with E-state index in [-0.39, 0.29) is 34.2 Å². The van der Waals surface area contributed by atoms with E-state index in [0.717, 1.165) is 12.0 Å². The van der Waals surface area contributed by atoms with Crippen molar-refractivity contribution in [2.45, 2.75) is 95.8 Å². The van der Waals surface area contributed by atoms with Crippen LogP contribution in [-0.4, -0.2) is 45.9 Å². The van der Waals surface area contributed by atoms with Gasteiger partial charge in [0.05, 0.1) is 19.3 Å². The van der Waals surface area contributed by atoms with Crippen LogP contribution in [0.15, 0.2) is 30.3 Å². The van der Waals surface area contributed by atoms with Crippen molar-refractivity contribution in [3.05, 3.63) is 35.9 Å².